The predicted octanol–water partition coefficient (Wildman–Crippen LogP) is 1.79. The summed E-state index contributed by atoms with van der Waals surface area (Å²) in [4.78, 5) is 26.3. The Morgan fingerprint density at radius 2 is 2.11 bits per heavy atom. The maximum absolute atomic E-state index is 12.6. The zero-order valence-corrected chi connectivity index (χ0v) is 12.9. The summed E-state index contributed by atoms with van der Waals surface area (Å²) in [6.45, 7) is 6.20. The Hall–Kier alpha value is -0.710. The molecule has 0 spiro atoms. The highest BCUT2D eigenvalue weighted by molar-refractivity contribution is 7.99. The van der Waals surface area contributed by atoms with Crippen molar-refractivity contribution in [1.82, 2.24) is 10.2 Å². The van der Waals surface area contributed by atoms with Gasteiger partial charge in [0.2, 0.25) is 11.8 Å². The van der Waals surface area contributed by atoms with Gasteiger partial charge in [0.1, 0.15) is 5.54 Å². The summed E-state index contributed by atoms with van der Waals surface area (Å²) in [5.74, 6) is 1.20. The summed E-state index contributed by atoms with van der Waals surface area (Å²) in [7, 11) is 0. The molecule has 108 valence electrons. The molecule has 1 saturated carbocycles. The van der Waals surface area contributed by atoms with E-state index in [9.17, 15) is 9.59 Å². The van der Waals surface area contributed by atoms with E-state index in [-0.39, 0.29) is 24.4 Å². The minimum absolute atomic E-state index is 0.0180. The van der Waals surface area contributed by atoms with Crippen LogP contribution in [0.2, 0.25) is 0 Å². The number of nitrogens with one attached hydrogen (secondary N) is 1. The van der Waals surface area contributed by atoms with E-state index in [1.807, 2.05) is 30.5 Å². The summed E-state index contributed by atoms with van der Waals surface area (Å²) >= 11 is 1.98. The maximum Gasteiger partial charge on any atom is 0.248 e. The number of carbonyl (C=O) groups excluding carboxylic acids is 2. The molecule has 1 aliphatic heterocycles. The summed E-state index contributed by atoms with van der Waals surface area (Å²) in [6.07, 6.45) is 3.89. The number of thioether (sulfide) groups is 1. The van der Waals surface area contributed by atoms with E-state index >= 15 is 0 Å². The lowest BCUT2D eigenvalue weighted by atomic mass is 9.93. The standard InChI is InChI=1S/C14H24N2O2S/c1-4-14(3)13(18)16(9-12(17)15-14)10-6-7-11(8-10)19-5-2/h10-11H,4-9H2,1-3H3,(H,15,17). The smallest absolute Gasteiger partial charge is 0.248 e. The van der Waals surface area contributed by atoms with Gasteiger partial charge in [-0.25, -0.2) is 0 Å². The minimum Gasteiger partial charge on any atom is -0.340 e. The summed E-state index contributed by atoms with van der Waals surface area (Å²) < 4.78 is 0. The van der Waals surface area contributed by atoms with Gasteiger partial charge in [-0.2, -0.15) is 11.8 Å². The Morgan fingerprint density at radius 3 is 2.74 bits per heavy atom. The molecular formula is C14H24N2O2S. The van der Waals surface area contributed by atoms with Crippen LogP contribution in [0.3, 0.4) is 0 Å². The third-order valence-corrected chi connectivity index (χ3v) is 5.60. The largest absolute Gasteiger partial charge is 0.340 e. The molecule has 0 bridgehead atoms. The number of amides is 2. The second-order valence-electron chi connectivity index (χ2n) is 5.71. The lowest BCUT2D eigenvalue weighted by molar-refractivity contribution is -0.151. The lowest BCUT2D eigenvalue weighted by Crippen LogP contribution is -2.66. The molecule has 2 rings (SSSR count). The molecule has 0 aromatic carbocycles. The van der Waals surface area contributed by atoms with E-state index in [0.29, 0.717) is 11.7 Å². The van der Waals surface area contributed by atoms with Crippen LogP contribution < -0.4 is 5.32 Å². The van der Waals surface area contributed by atoms with E-state index in [2.05, 4.69) is 12.2 Å². The molecule has 19 heavy (non-hydrogen) atoms. The van der Waals surface area contributed by atoms with Crippen LogP contribution in [0.5, 0.6) is 0 Å². The minimum atomic E-state index is -0.703. The summed E-state index contributed by atoms with van der Waals surface area (Å²) in [5.41, 5.74) is -0.703. The summed E-state index contributed by atoms with van der Waals surface area (Å²) in [6, 6.07) is 0.258. The van der Waals surface area contributed by atoms with Crippen LogP contribution >= 0.6 is 11.8 Å². The average molecular weight is 284 g/mol. The molecule has 3 atom stereocenters. The fourth-order valence-corrected chi connectivity index (χ4v) is 4.20. The number of nitrogens with zero attached hydrogens (tertiary/aromatic N) is 1. The number of rotatable bonds is 4. The molecule has 2 amide bonds. The SMILES string of the molecule is CCSC1CCC(N2CC(=O)NC(C)(CC)C2=O)C1. The van der Waals surface area contributed by atoms with Crippen molar-refractivity contribution in [1.29, 1.82) is 0 Å². The maximum atomic E-state index is 12.6. The lowest BCUT2D eigenvalue weighted by Gasteiger charge is -2.42. The molecule has 1 N–H and O–H groups in total. The fourth-order valence-electron chi connectivity index (χ4n) is 3.07. The third kappa shape index (κ3) is 2.91. The Labute approximate surface area is 119 Å². The fraction of sp³-hybridized carbons (Fsp3) is 0.857. The van der Waals surface area contributed by atoms with Crippen LogP contribution in [-0.2, 0) is 9.59 Å². The Balaban J connectivity index is 2.07. The first-order chi connectivity index (χ1) is 9.00. The molecule has 2 aliphatic rings. The van der Waals surface area contributed by atoms with E-state index in [4.69, 9.17) is 0 Å². The molecule has 1 aliphatic carbocycles. The van der Waals surface area contributed by atoms with E-state index in [1.165, 1.54) is 0 Å². The van der Waals surface area contributed by atoms with Gasteiger partial charge in [-0.05, 0) is 38.4 Å². The van der Waals surface area contributed by atoms with Crippen LogP contribution in [0.15, 0.2) is 0 Å². The van der Waals surface area contributed by atoms with Gasteiger partial charge in [-0.3, -0.25) is 9.59 Å². The van der Waals surface area contributed by atoms with Gasteiger partial charge >= 0.3 is 0 Å². The van der Waals surface area contributed by atoms with Crippen molar-refractivity contribution in [3.63, 3.8) is 0 Å². The average Bonchev–Trinajstić information content (AvgIpc) is 2.83. The molecule has 1 saturated heterocycles. The van der Waals surface area contributed by atoms with Crippen molar-refractivity contribution in [2.24, 2.45) is 0 Å². The Kier molecular flexibility index (Phi) is 4.43. The molecular weight excluding hydrogens is 260 g/mol. The second kappa shape index (κ2) is 5.73. The van der Waals surface area contributed by atoms with Crippen molar-refractivity contribution in [3.8, 4) is 0 Å². The first kappa shape index (κ1) is 14.7. The van der Waals surface area contributed by atoms with E-state index < -0.39 is 5.54 Å². The number of piperazine rings is 1. The summed E-state index contributed by atoms with van der Waals surface area (Å²) in [5, 5.41) is 3.50. The normalized spacial score (nSPS) is 35.6. The van der Waals surface area contributed by atoms with Crippen molar-refractivity contribution in [2.75, 3.05) is 12.3 Å². The van der Waals surface area contributed by atoms with Crippen LogP contribution in [0, 0.1) is 0 Å². The third-order valence-electron chi connectivity index (χ3n) is 4.37. The van der Waals surface area contributed by atoms with Gasteiger partial charge in [0.25, 0.3) is 0 Å². The Bertz CT molecular complexity index is 374. The Morgan fingerprint density at radius 1 is 1.37 bits per heavy atom. The van der Waals surface area contributed by atoms with Crippen molar-refractivity contribution < 1.29 is 9.59 Å². The predicted molar refractivity (Wildman–Crippen MR) is 78.1 cm³/mol. The molecule has 4 nitrogen and oxygen atoms in total. The monoisotopic (exact) mass is 284 g/mol. The topological polar surface area (TPSA) is 49.4 Å². The molecule has 5 heteroatoms. The number of hydrogen-bond acceptors (Lipinski definition) is 3. The number of hydrogen-bond donors (Lipinski definition) is 1. The first-order valence-electron chi connectivity index (χ1n) is 7.23. The van der Waals surface area contributed by atoms with Crippen LogP contribution in [0.4, 0.5) is 0 Å². The van der Waals surface area contributed by atoms with E-state index in [1.54, 1.807) is 0 Å². The van der Waals surface area contributed by atoms with Crippen LogP contribution in [-0.4, -0.2) is 45.8 Å². The highest BCUT2D eigenvalue weighted by Gasteiger charge is 2.45. The highest BCUT2D eigenvalue weighted by Crippen LogP contribution is 2.34. The molecule has 1 heterocycles. The van der Waals surface area contributed by atoms with Crippen molar-refractivity contribution in [3.05, 3.63) is 0 Å². The van der Waals surface area contributed by atoms with Crippen LogP contribution in [0.25, 0.3) is 0 Å². The van der Waals surface area contributed by atoms with Gasteiger partial charge in [-0.1, -0.05) is 13.8 Å². The highest BCUT2D eigenvalue weighted by atomic mass is 32.2. The zero-order chi connectivity index (χ0) is 14.0. The molecule has 0 aromatic heterocycles. The molecule has 0 radical (unpaired) electrons. The van der Waals surface area contributed by atoms with Crippen molar-refractivity contribution in [2.45, 2.75) is 63.3 Å². The molecule has 2 fully saturated rings. The van der Waals surface area contributed by atoms with Gasteiger partial charge < -0.3 is 10.2 Å². The van der Waals surface area contributed by atoms with Gasteiger partial charge in [-0.15, -0.1) is 0 Å². The van der Waals surface area contributed by atoms with Gasteiger partial charge in [0, 0.05) is 11.3 Å². The quantitative estimate of drug-likeness (QED) is 0.856. The van der Waals surface area contributed by atoms with Gasteiger partial charge in [0.05, 0.1) is 6.54 Å². The zero-order valence-electron chi connectivity index (χ0n) is 12.1. The number of carbonyl (C=O) groups is 2. The van der Waals surface area contributed by atoms with Gasteiger partial charge in [0.15, 0.2) is 0 Å². The first-order valence-corrected chi connectivity index (χ1v) is 8.28. The molecule has 0 aromatic rings. The van der Waals surface area contributed by atoms with Crippen LogP contribution in [0.1, 0.15) is 46.5 Å². The van der Waals surface area contributed by atoms with E-state index in [0.717, 1.165) is 25.0 Å². The molecule has 3 unspecified atom stereocenters. The van der Waals surface area contributed by atoms with Crippen molar-refractivity contribution >= 4 is 23.6 Å². The second-order valence-corrected chi connectivity index (χ2v) is 7.29.